The third-order valence-corrected chi connectivity index (χ3v) is 6.15. The van der Waals surface area contributed by atoms with Crippen molar-refractivity contribution in [3.63, 3.8) is 0 Å². The maximum atomic E-state index is 14.8. The highest BCUT2D eigenvalue weighted by atomic mass is 19.4. The first kappa shape index (κ1) is 25.8. The molecule has 0 aromatic heterocycles. The minimum atomic E-state index is -4.73. The van der Waals surface area contributed by atoms with Crippen molar-refractivity contribution >= 4 is 28.8 Å². The van der Waals surface area contributed by atoms with Crippen molar-refractivity contribution in [3.8, 4) is 5.75 Å². The SMILES string of the molecule is CC1(Oc2ccc(NC(=O)Nc3ccc(C4=CCC(=O)C(OC5CC5)=C4)cc3F)cc2C(F)(F)F)COC1. The van der Waals surface area contributed by atoms with Crippen LogP contribution in [0, 0.1) is 5.82 Å². The topological polar surface area (TPSA) is 85.9 Å². The summed E-state index contributed by atoms with van der Waals surface area (Å²) < 4.78 is 71.9. The average molecular weight is 532 g/mol. The molecule has 1 heterocycles. The van der Waals surface area contributed by atoms with E-state index in [-0.39, 0.29) is 54.4 Å². The predicted octanol–water partition coefficient (Wildman–Crippen LogP) is 6.08. The zero-order valence-electron chi connectivity index (χ0n) is 20.3. The normalized spacial score (nSPS) is 18.6. The third-order valence-electron chi connectivity index (χ3n) is 6.15. The Morgan fingerprint density at radius 3 is 2.50 bits per heavy atom. The first-order valence-electron chi connectivity index (χ1n) is 12.0. The lowest BCUT2D eigenvalue weighted by molar-refractivity contribution is -0.160. The molecule has 2 fully saturated rings. The van der Waals surface area contributed by atoms with Gasteiger partial charge in [0, 0.05) is 12.1 Å². The molecule has 1 aliphatic heterocycles. The van der Waals surface area contributed by atoms with Gasteiger partial charge in [-0.3, -0.25) is 4.79 Å². The molecule has 0 radical (unpaired) electrons. The standard InChI is InChI=1S/C27H24F4N2O5/c1-26(13-36-14-26)38-23-9-4-17(12-19(23)27(29,30)31)32-25(35)33-21-7-2-15(10-20(21)28)16-3-8-22(34)24(11-16)37-18-5-6-18/h2-4,7,9-12,18H,5-6,8,13-14H2,1H3,(H2,32,33,35). The van der Waals surface area contributed by atoms with Gasteiger partial charge in [0.1, 0.15) is 11.6 Å². The van der Waals surface area contributed by atoms with Crippen molar-refractivity contribution in [3.05, 3.63) is 71.3 Å². The molecular weight excluding hydrogens is 508 g/mol. The fourth-order valence-electron chi connectivity index (χ4n) is 3.96. The van der Waals surface area contributed by atoms with E-state index in [4.69, 9.17) is 14.2 Å². The number of hydrogen-bond donors (Lipinski definition) is 2. The maximum absolute atomic E-state index is 14.8. The number of alkyl halides is 3. The molecule has 7 nitrogen and oxygen atoms in total. The summed E-state index contributed by atoms with van der Waals surface area (Å²) in [6, 6.07) is 6.29. The highest BCUT2D eigenvalue weighted by Crippen LogP contribution is 2.40. The lowest BCUT2D eigenvalue weighted by Crippen LogP contribution is -2.51. The van der Waals surface area contributed by atoms with Gasteiger partial charge in [0.25, 0.3) is 0 Å². The number of benzene rings is 2. The smallest absolute Gasteiger partial charge is 0.420 e. The van der Waals surface area contributed by atoms with Crippen LogP contribution in [0.3, 0.4) is 0 Å². The van der Waals surface area contributed by atoms with Crippen LogP contribution in [0.4, 0.5) is 33.7 Å². The van der Waals surface area contributed by atoms with Gasteiger partial charge in [-0.2, -0.15) is 13.2 Å². The molecular formula is C27H24F4N2O5. The van der Waals surface area contributed by atoms with Gasteiger partial charge in [-0.25, -0.2) is 9.18 Å². The van der Waals surface area contributed by atoms with E-state index in [1.807, 2.05) is 0 Å². The van der Waals surface area contributed by atoms with Gasteiger partial charge in [-0.1, -0.05) is 12.1 Å². The lowest BCUT2D eigenvalue weighted by atomic mass is 9.97. The van der Waals surface area contributed by atoms with Crippen LogP contribution in [0.15, 0.2) is 54.3 Å². The minimum Gasteiger partial charge on any atom is -0.487 e. The number of ether oxygens (including phenoxy) is 3. The fraction of sp³-hybridized carbons (Fsp3) is 0.333. The largest absolute Gasteiger partial charge is 0.487 e. The summed E-state index contributed by atoms with van der Waals surface area (Å²) in [5.74, 6) is -1.04. The van der Waals surface area contributed by atoms with E-state index in [9.17, 15) is 27.2 Å². The van der Waals surface area contributed by atoms with Gasteiger partial charge in [-0.15, -0.1) is 0 Å². The number of urea groups is 1. The number of nitrogens with one attached hydrogen (secondary N) is 2. The summed E-state index contributed by atoms with van der Waals surface area (Å²) in [5.41, 5.74) is -1.16. The highest BCUT2D eigenvalue weighted by Gasteiger charge is 2.40. The van der Waals surface area contributed by atoms with E-state index in [2.05, 4.69) is 10.6 Å². The van der Waals surface area contributed by atoms with Crippen LogP contribution in [0.1, 0.15) is 37.3 Å². The van der Waals surface area contributed by atoms with Crippen molar-refractivity contribution < 1.29 is 41.4 Å². The Morgan fingerprint density at radius 1 is 1.11 bits per heavy atom. The molecule has 0 unspecified atom stereocenters. The second kappa shape index (κ2) is 9.79. The molecule has 11 heteroatoms. The molecule has 3 aliphatic rings. The quantitative estimate of drug-likeness (QED) is 0.423. The number of halogens is 4. The Morgan fingerprint density at radius 2 is 1.87 bits per heavy atom. The Balaban J connectivity index is 1.27. The van der Waals surface area contributed by atoms with Crippen LogP contribution in [0.2, 0.25) is 0 Å². The van der Waals surface area contributed by atoms with Crippen molar-refractivity contribution in [2.75, 3.05) is 23.8 Å². The molecule has 38 heavy (non-hydrogen) atoms. The Bertz CT molecular complexity index is 1340. The molecule has 1 saturated carbocycles. The monoisotopic (exact) mass is 532 g/mol. The zero-order valence-corrected chi connectivity index (χ0v) is 20.3. The first-order valence-corrected chi connectivity index (χ1v) is 12.0. The van der Waals surface area contributed by atoms with Gasteiger partial charge >= 0.3 is 12.2 Å². The summed E-state index contributed by atoms with van der Waals surface area (Å²) in [4.78, 5) is 24.5. The van der Waals surface area contributed by atoms with E-state index in [1.165, 1.54) is 18.2 Å². The van der Waals surface area contributed by atoms with Crippen molar-refractivity contribution in [1.82, 2.24) is 0 Å². The number of amides is 2. The minimum absolute atomic E-state index is 0.0444. The van der Waals surface area contributed by atoms with E-state index in [1.54, 1.807) is 25.1 Å². The van der Waals surface area contributed by atoms with E-state index >= 15 is 0 Å². The Kier molecular flexibility index (Phi) is 6.64. The summed E-state index contributed by atoms with van der Waals surface area (Å²) >= 11 is 0. The first-order chi connectivity index (χ1) is 18.0. The number of allylic oxidation sites excluding steroid dienone is 4. The molecule has 0 bridgehead atoms. The average Bonchev–Trinajstić information content (AvgIpc) is 3.65. The lowest BCUT2D eigenvalue weighted by Gasteiger charge is -2.38. The fourth-order valence-corrected chi connectivity index (χ4v) is 3.96. The third kappa shape index (κ3) is 5.83. The van der Waals surface area contributed by atoms with Crippen LogP contribution in [-0.2, 0) is 20.4 Å². The summed E-state index contributed by atoms with van der Waals surface area (Å²) in [7, 11) is 0. The van der Waals surface area contributed by atoms with Crippen molar-refractivity contribution in [2.45, 2.75) is 44.1 Å². The number of rotatable bonds is 7. The van der Waals surface area contributed by atoms with Crippen LogP contribution in [0.25, 0.3) is 5.57 Å². The molecule has 1 saturated heterocycles. The second-order valence-corrected chi connectivity index (χ2v) is 9.64. The molecule has 2 aromatic rings. The van der Waals surface area contributed by atoms with Gasteiger partial charge < -0.3 is 24.8 Å². The molecule has 200 valence electrons. The van der Waals surface area contributed by atoms with Crippen LogP contribution >= 0.6 is 0 Å². The molecule has 2 N–H and O–H groups in total. The van der Waals surface area contributed by atoms with Crippen molar-refractivity contribution in [2.24, 2.45) is 0 Å². The molecule has 2 aromatic carbocycles. The van der Waals surface area contributed by atoms with Gasteiger partial charge in [0.15, 0.2) is 11.4 Å². The number of anilines is 2. The maximum Gasteiger partial charge on any atom is 0.420 e. The van der Waals surface area contributed by atoms with Crippen LogP contribution in [0.5, 0.6) is 5.75 Å². The van der Waals surface area contributed by atoms with Gasteiger partial charge in [0.2, 0.25) is 5.78 Å². The van der Waals surface area contributed by atoms with E-state index in [0.29, 0.717) is 11.1 Å². The molecule has 5 rings (SSSR count). The number of carbonyl (C=O) groups is 2. The molecule has 2 amide bonds. The van der Waals surface area contributed by atoms with E-state index in [0.717, 1.165) is 25.0 Å². The number of hydrogen-bond acceptors (Lipinski definition) is 5. The van der Waals surface area contributed by atoms with Crippen molar-refractivity contribution in [1.29, 1.82) is 0 Å². The molecule has 2 aliphatic carbocycles. The number of carbonyl (C=O) groups excluding carboxylic acids is 2. The second-order valence-electron chi connectivity index (χ2n) is 9.64. The summed E-state index contributed by atoms with van der Waals surface area (Å²) in [6.07, 6.45) is 0.472. The van der Waals surface area contributed by atoms with E-state index < -0.39 is 29.2 Å². The van der Waals surface area contributed by atoms with Crippen LogP contribution in [-0.4, -0.2) is 36.7 Å². The molecule has 0 spiro atoms. The summed E-state index contributed by atoms with van der Waals surface area (Å²) in [5, 5.41) is 4.59. The Labute approximate surface area is 215 Å². The number of Topliss-reactive ketones (excluding diaryl/α,β-unsaturated/α-hetero) is 1. The Hall–Kier alpha value is -3.86. The molecule has 0 atom stereocenters. The summed E-state index contributed by atoms with van der Waals surface area (Å²) in [6.45, 7) is 1.97. The highest BCUT2D eigenvalue weighted by molar-refractivity contribution is 6.02. The van der Waals surface area contributed by atoms with Crippen LogP contribution < -0.4 is 15.4 Å². The predicted molar refractivity (Wildman–Crippen MR) is 130 cm³/mol. The van der Waals surface area contributed by atoms with Gasteiger partial charge in [-0.05, 0) is 67.3 Å². The zero-order chi connectivity index (χ0) is 27.1. The number of ketones is 1. The van der Waals surface area contributed by atoms with Gasteiger partial charge in [0.05, 0.1) is 30.6 Å².